The molecule has 0 saturated carbocycles. The zero-order chi connectivity index (χ0) is 20.1. The lowest BCUT2D eigenvalue weighted by Gasteiger charge is -2.25. The molecule has 1 aliphatic rings. The van der Waals surface area contributed by atoms with Crippen LogP contribution >= 0.6 is 27.7 Å². The molecule has 1 fully saturated rings. The fourth-order valence-electron chi connectivity index (χ4n) is 3.05. The number of thioether (sulfide) groups is 1. The van der Waals surface area contributed by atoms with Gasteiger partial charge < -0.3 is 9.47 Å². The van der Waals surface area contributed by atoms with E-state index in [1.54, 1.807) is 30.7 Å². The summed E-state index contributed by atoms with van der Waals surface area (Å²) in [6, 6.07) is 7.23. The van der Waals surface area contributed by atoms with Gasteiger partial charge in [0.1, 0.15) is 4.90 Å². The second-order valence-electron chi connectivity index (χ2n) is 6.36. The van der Waals surface area contributed by atoms with Crippen molar-refractivity contribution in [3.8, 4) is 11.5 Å². The molecule has 0 bridgehead atoms. The number of benzene rings is 1. The molecule has 0 aliphatic carbocycles. The van der Waals surface area contributed by atoms with E-state index in [1.165, 1.54) is 18.0 Å². The largest absolute Gasteiger partial charge is 0.493 e. The third kappa shape index (κ3) is 4.64. The second-order valence-corrected chi connectivity index (χ2v) is 10.1. The topological polar surface area (TPSA) is 68.7 Å². The molecule has 2 aromatic rings. The lowest BCUT2D eigenvalue weighted by Crippen LogP contribution is -2.35. The normalized spacial score (nSPS) is 15.4. The first-order chi connectivity index (χ1) is 13.5. The van der Waals surface area contributed by atoms with Crippen molar-refractivity contribution in [3.63, 3.8) is 0 Å². The molecule has 0 N–H and O–H groups in total. The average molecular weight is 487 g/mol. The Morgan fingerprint density at radius 1 is 1.11 bits per heavy atom. The molecule has 0 spiro atoms. The van der Waals surface area contributed by atoms with Gasteiger partial charge in [-0.1, -0.05) is 12.5 Å². The van der Waals surface area contributed by atoms with E-state index >= 15 is 0 Å². The molecule has 28 heavy (non-hydrogen) atoms. The average Bonchev–Trinajstić information content (AvgIpc) is 2.73. The van der Waals surface area contributed by atoms with Gasteiger partial charge in [0, 0.05) is 25.0 Å². The zero-order valence-corrected chi connectivity index (χ0v) is 19.1. The van der Waals surface area contributed by atoms with Crippen molar-refractivity contribution in [3.05, 3.63) is 40.5 Å². The summed E-state index contributed by atoms with van der Waals surface area (Å²) in [5.41, 5.74) is 1.04. The highest BCUT2D eigenvalue weighted by molar-refractivity contribution is 9.10. The second kappa shape index (κ2) is 9.47. The van der Waals surface area contributed by atoms with Gasteiger partial charge in [-0.3, -0.25) is 0 Å². The number of ether oxygens (including phenoxy) is 2. The molecule has 9 heteroatoms. The van der Waals surface area contributed by atoms with Crippen molar-refractivity contribution in [2.75, 3.05) is 27.3 Å². The summed E-state index contributed by atoms with van der Waals surface area (Å²) in [5.74, 6) is 1.97. The highest BCUT2D eigenvalue weighted by Crippen LogP contribution is 2.39. The molecular weight excluding hydrogens is 464 g/mol. The number of sulfonamides is 1. The van der Waals surface area contributed by atoms with Crippen molar-refractivity contribution in [1.29, 1.82) is 0 Å². The number of nitrogens with zero attached hydrogens (tertiary/aromatic N) is 2. The molecule has 2 heterocycles. The molecular formula is C19H23BrN2O4S2. The number of methoxy groups -OCH3 is 2. The van der Waals surface area contributed by atoms with Gasteiger partial charge in [0.25, 0.3) is 0 Å². The molecule has 1 aliphatic heterocycles. The molecule has 6 nitrogen and oxygen atoms in total. The lowest BCUT2D eigenvalue weighted by molar-refractivity contribution is 0.346. The van der Waals surface area contributed by atoms with E-state index in [-0.39, 0.29) is 4.90 Å². The Kier molecular flexibility index (Phi) is 7.25. The van der Waals surface area contributed by atoms with Gasteiger partial charge in [-0.15, -0.1) is 11.8 Å². The number of rotatable bonds is 7. The molecule has 0 unspecified atom stereocenters. The Morgan fingerprint density at radius 3 is 2.46 bits per heavy atom. The van der Waals surface area contributed by atoms with Gasteiger partial charge in [-0.05, 0) is 52.5 Å². The van der Waals surface area contributed by atoms with Crippen LogP contribution in [0.5, 0.6) is 11.5 Å². The summed E-state index contributed by atoms with van der Waals surface area (Å²) in [6.45, 7) is 1.18. The number of hydrogen-bond donors (Lipinski definition) is 0. The minimum atomic E-state index is -3.45. The monoisotopic (exact) mass is 486 g/mol. The fraction of sp³-hybridized carbons (Fsp3) is 0.421. The Balaban J connectivity index is 1.70. The van der Waals surface area contributed by atoms with E-state index in [2.05, 4.69) is 20.9 Å². The van der Waals surface area contributed by atoms with Crippen molar-refractivity contribution in [2.24, 2.45) is 0 Å². The number of aromatic nitrogens is 1. The van der Waals surface area contributed by atoms with E-state index in [0.717, 1.165) is 34.3 Å². The Morgan fingerprint density at radius 2 is 1.86 bits per heavy atom. The van der Waals surface area contributed by atoms with E-state index in [4.69, 9.17) is 9.47 Å². The molecule has 1 aromatic heterocycles. The van der Waals surface area contributed by atoms with E-state index < -0.39 is 10.0 Å². The van der Waals surface area contributed by atoms with Crippen LogP contribution in [0.4, 0.5) is 0 Å². The van der Waals surface area contributed by atoms with Gasteiger partial charge in [-0.2, -0.15) is 4.31 Å². The predicted octanol–water partition coefficient (Wildman–Crippen LogP) is 4.33. The molecule has 0 atom stereocenters. The first-order valence-electron chi connectivity index (χ1n) is 8.95. The summed E-state index contributed by atoms with van der Waals surface area (Å²) < 4.78 is 38.5. The minimum absolute atomic E-state index is 0.256. The van der Waals surface area contributed by atoms with Crippen molar-refractivity contribution >= 4 is 37.7 Å². The summed E-state index contributed by atoms with van der Waals surface area (Å²) in [4.78, 5) is 4.60. The number of halogens is 1. The maximum atomic E-state index is 12.7. The van der Waals surface area contributed by atoms with Crippen molar-refractivity contribution < 1.29 is 17.9 Å². The Hall–Kier alpha value is -1.29. The highest BCUT2D eigenvalue weighted by atomic mass is 79.9. The Bertz CT molecular complexity index is 914. The van der Waals surface area contributed by atoms with Gasteiger partial charge in [0.05, 0.1) is 23.7 Å². The SMILES string of the molecule is COc1ccc(CSc2ccc(S(=O)(=O)N3CCCCC3)cn2)c(Br)c1OC. The van der Waals surface area contributed by atoms with Crippen molar-refractivity contribution in [1.82, 2.24) is 9.29 Å². The maximum absolute atomic E-state index is 12.7. The maximum Gasteiger partial charge on any atom is 0.244 e. The van der Waals surface area contributed by atoms with Crippen LogP contribution in [-0.2, 0) is 15.8 Å². The number of hydrogen-bond acceptors (Lipinski definition) is 6. The summed E-state index contributed by atoms with van der Waals surface area (Å²) in [7, 11) is -0.247. The number of piperidine rings is 1. The highest BCUT2D eigenvalue weighted by Gasteiger charge is 2.26. The zero-order valence-electron chi connectivity index (χ0n) is 15.9. The Labute approximate surface area is 178 Å². The summed E-state index contributed by atoms with van der Waals surface area (Å²) in [5, 5.41) is 0.763. The van der Waals surface area contributed by atoms with Gasteiger partial charge >= 0.3 is 0 Å². The lowest BCUT2D eigenvalue weighted by atomic mass is 10.2. The molecule has 0 amide bonds. The van der Waals surface area contributed by atoms with E-state index in [9.17, 15) is 8.42 Å². The standard InChI is InChI=1S/C19H23BrN2O4S2/c1-25-16-8-6-14(18(20)19(16)26-2)13-27-17-9-7-15(12-21-17)28(23,24)22-10-4-3-5-11-22/h6-9,12H,3-5,10-11,13H2,1-2H3. The fourth-order valence-corrected chi connectivity index (χ4v) is 6.17. The van der Waals surface area contributed by atoms with Gasteiger partial charge in [-0.25, -0.2) is 13.4 Å². The van der Waals surface area contributed by atoms with Crippen molar-refractivity contribution in [2.45, 2.75) is 34.9 Å². The first-order valence-corrected chi connectivity index (χ1v) is 12.2. The van der Waals surface area contributed by atoms with Crippen LogP contribution in [0.25, 0.3) is 0 Å². The van der Waals surface area contributed by atoms with Crippen LogP contribution in [-0.4, -0.2) is 45.0 Å². The van der Waals surface area contributed by atoms with Crippen LogP contribution in [0, 0.1) is 0 Å². The van der Waals surface area contributed by atoms with Gasteiger partial charge in [0.2, 0.25) is 10.0 Å². The van der Waals surface area contributed by atoms with Crippen LogP contribution < -0.4 is 9.47 Å². The third-order valence-electron chi connectivity index (χ3n) is 4.60. The van der Waals surface area contributed by atoms with Gasteiger partial charge in [0.15, 0.2) is 11.5 Å². The summed E-state index contributed by atoms with van der Waals surface area (Å²) in [6.07, 6.45) is 4.38. The minimum Gasteiger partial charge on any atom is -0.493 e. The molecule has 3 rings (SSSR count). The molecule has 0 radical (unpaired) electrons. The molecule has 152 valence electrons. The van der Waals surface area contributed by atoms with Crippen LogP contribution in [0.15, 0.2) is 44.9 Å². The van der Waals surface area contributed by atoms with E-state index in [0.29, 0.717) is 30.3 Å². The summed E-state index contributed by atoms with van der Waals surface area (Å²) >= 11 is 5.09. The quantitative estimate of drug-likeness (QED) is 0.542. The predicted molar refractivity (Wildman–Crippen MR) is 114 cm³/mol. The van der Waals surface area contributed by atoms with Crippen LogP contribution in [0.3, 0.4) is 0 Å². The first kappa shape index (κ1) is 21.4. The van der Waals surface area contributed by atoms with Crippen LogP contribution in [0.1, 0.15) is 24.8 Å². The third-order valence-corrected chi connectivity index (χ3v) is 8.35. The smallest absolute Gasteiger partial charge is 0.244 e. The number of pyridine rings is 1. The van der Waals surface area contributed by atoms with Crippen LogP contribution in [0.2, 0.25) is 0 Å². The van der Waals surface area contributed by atoms with E-state index in [1.807, 2.05) is 12.1 Å². The molecule has 1 aromatic carbocycles. The molecule has 1 saturated heterocycles.